The number of benzene rings is 3. The minimum atomic E-state index is -4.17. The zero-order chi connectivity index (χ0) is 29.6. The molecule has 10 heteroatoms. The van der Waals surface area contributed by atoms with Crippen LogP contribution in [0.3, 0.4) is 0 Å². The molecule has 1 unspecified atom stereocenters. The highest BCUT2D eigenvalue weighted by Crippen LogP contribution is 2.27. The maximum absolute atomic E-state index is 14.0. The van der Waals surface area contributed by atoms with Crippen LogP contribution in [0.4, 0.5) is 5.69 Å². The highest BCUT2D eigenvalue weighted by molar-refractivity contribution is 7.92. The van der Waals surface area contributed by atoms with Gasteiger partial charge in [0.1, 0.15) is 12.6 Å². The van der Waals surface area contributed by atoms with Crippen molar-refractivity contribution in [2.24, 2.45) is 5.92 Å². The number of carbonyl (C=O) groups is 2. The number of hydrogen-bond donors (Lipinski definition) is 1. The predicted octanol–water partition coefficient (Wildman–Crippen LogP) is 6.00. The van der Waals surface area contributed by atoms with Crippen molar-refractivity contribution < 1.29 is 18.0 Å². The number of anilines is 1. The van der Waals surface area contributed by atoms with E-state index in [4.69, 9.17) is 23.2 Å². The molecule has 0 bridgehead atoms. The Bertz CT molecular complexity index is 1440. The smallest absolute Gasteiger partial charge is 0.264 e. The molecule has 0 aliphatic heterocycles. The Balaban J connectivity index is 2.03. The van der Waals surface area contributed by atoms with Crippen LogP contribution in [0.1, 0.15) is 37.5 Å². The molecular weight excluding hydrogens is 569 g/mol. The summed E-state index contributed by atoms with van der Waals surface area (Å²) in [6, 6.07) is 17.1. The quantitative estimate of drug-likeness (QED) is 0.291. The van der Waals surface area contributed by atoms with Crippen LogP contribution in [0.2, 0.25) is 10.0 Å². The minimum Gasteiger partial charge on any atom is -0.354 e. The van der Waals surface area contributed by atoms with Gasteiger partial charge in [-0.2, -0.15) is 0 Å². The number of carbonyl (C=O) groups excluding carboxylic acids is 2. The van der Waals surface area contributed by atoms with Crippen LogP contribution in [0.15, 0.2) is 71.6 Å². The van der Waals surface area contributed by atoms with E-state index in [9.17, 15) is 18.0 Å². The van der Waals surface area contributed by atoms with Gasteiger partial charge in [0.25, 0.3) is 10.0 Å². The Morgan fingerprint density at radius 1 is 0.850 bits per heavy atom. The Labute approximate surface area is 247 Å². The summed E-state index contributed by atoms with van der Waals surface area (Å²) in [5.41, 5.74) is 2.95. The van der Waals surface area contributed by atoms with E-state index in [-0.39, 0.29) is 23.3 Å². The molecular formula is C30H35Cl2N3O4S. The van der Waals surface area contributed by atoms with Gasteiger partial charge in [-0.3, -0.25) is 13.9 Å². The van der Waals surface area contributed by atoms with Crippen molar-refractivity contribution in [2.45, 2.75) is 52.1 Å². The molecule has 0 saturated carbocycles. The molecule has 40 heavy (non-hydrogen) atoms. The molecule has 3 aromatic carbocycles. The molecule has 0 aromatic heterocycles. The molecule has 0 saturated heterocycles. The lowest BCUT2D eigenvalue weighted by atomic mass is 10.1. The van der Waals surface area contributed by atoms with Crippen LogP contribution in [0.25, 0.3) is 0 Å². The number of halogens is 2. The summed E-state index contributed by atoms with van der Waals surface area (Å²) >= 11 is 12.1. The first-order chi connectivity index (χ1) is 18.8. The van der Waals surface area contributed by atoms with Gasteiger partial charge in [0.05, 0.1) is 10.6 Å². The molecule has 7 nitrogen and oxygen atoms in total. The fourth-order valence-electron chi connectivity index (χ4n) is 3.96. The first-order valence-corrected chi connectivity index (χ1v) is 15.2. The van der Waals surface area contributed by atoms with E-state index in [1.807, 2.05) is 33.8 Å². The van der Waals surface area contributed by atoms with E-state index in [1.165, 1.54) is 29.2 Å². The summed E-state index contributed by atoms with van der Waals surface area (Å²) in [5.74, 6) is -0.631. The summed E-state index contributed by atoms with van der Waals surface area (Å²) < 4.78 is 28.9. The maximum Gasteiger partial charge on any atom is 0.264 e. The molecule has 1 N–H and O–H groups in total. The zero-order valence-corrected chi connectivity index (χ0v) is 25.6. The molecule has 2 amide bonds. The Kier molecular flexibility index (Phi) is 10.6. The number of rotatable bonds is 11. The third-order valence-corrected chi connectivity index (χ3v) is 8.87. The largest absolute Gasteiger partial charge is 0.354 e. The SMILES string of the molecule is Cc1ccc(N(CC(=O)N(Cc2ccc(Cl)cc2)C(C)C(=O)NCC(C)C)S(=O)(=O)c2ccc(Cl)cc2)cc1C. The fraction of sp³-hybridized carbons (Fsp3) is 0.333. The lowest BCUT2D eigenvalue weighted by molar-refractivity contribution is -0.139. The highest BCUT2D eigenvalue weighted by Gasteiger charge is 2.32. The Morgan fingerprint density at radius 3 is 1.98 bits per heavy atom. The first kappa shape index (κ1) is 31.5. The molecule has 0 fully saturated rings. The maximum atomic E-state index is 14.0. The molecule has 0 heterocycles. The first-order valence-electron chi connectivity index (χ1n) is 13.0. The number of aryl methyl sites for hydroxylation is 2. The second-order valence-corrected chi connectivity index (χ2v) is 12.9. The van der Waals surface area contributed by atoms with E-state index in [2.05, 4.69) is 5.32 Å². The number of amides is 2. The fourth-order valence-corrected chi connectivity index (χ4v) is 5.62. The number of hydrogen-bond acceptors (Lipinski definition) is 4. The van der Waals surface area contributed by atoms with E-state index < -0.39 is 28.5 Å². The third kappa shape index (κ3) is 7.99. The molecule has 1 atom stereocenters. The van der Waals surface area contributed by atoms with Gasteiger partial charge in [0, 0.05) is 23.1 Å². The topological polar surface area (TPSA) is 86.8 Å². The molecule has 214 valence electrons. The standard InChI is InChI=1S/C30H35Cl2N3O4S/c1-20(2)17-33-30(37)23(5)34(18-24-7-9-25(31)10-8-24)29(36)19-35(27-13-6-21(3)22(4)16-27)40(38,39)28-14-11-26(32)12-15-28/h6-16,20,23H,17-19H2,1-5H3,(H,33,37). The minimum absolute atomic E-state index is 0.00472. The molecule has 0 spiro atoms. The van der Waals surface area contributed by atoms with Crippen molar-refractivity contribution >= 4 is 50.7 Å². The van der Waals surface area contributed by atoms with E-state index in [0.29, 0.717) is 22.3 Å². The summed E-state index contributed by atoms with van der Waals surface area (Å²) in [4.78, 5) is 28.4. The third-order valence-electron chi connectivity index (χ3n) is 6.58. The van der Waals surface area contributed by atoms with Gasteiger partial charge in [-0.1, -0.05) is 55.2 Å². The van der Waals surface area contributed by atoms with Gasteiger partial charge in [-0.15, -0.1) is 0 Å². The van der Waals surface area contributed by atoms with Gasteiger partial charge in [0.2, 0.25) is 11.8 Å². The van der Waals surface area contributed by atoms with Crippen molar-refractivity contribution in [3.05, 3.63) is 93.5 Å². The summed E-state index contributed by atoms with van der Waals surface area (Å²) in [7, 11) is -4.17. The molecule has 3 rings (SSSR count). The van der Waals surface area contributed by atoms with Crippen LogP contribution < -0.4 is 9.62 Å². The lowest BCUT2D eigenvalue weighted by Crippen LogP contribution is -2.51. The van der Waals surface area contributed by atoms with Crippen LogP contribution >= 0.6 is 23.2 Å². The van der Waals surface area contributed by atoms with Gasteiger partial charge < -0.3 is 10.2 Å². The number of sulfonamides is 1. The van der Waals surface area contributed by atoms with Crippen molar-refractivity contribution in [2.75, 3.05) is 17.4 Å². The van der Waals surface area contributed by atoms with Crippen LogP contribution in [-0.2, 0) is 26.2 Å². The van der Waals surface area contributed by atoms with Gasteiger partial charge >= 0.3 is 0 Å². The Morgan fingerprint density at radius 2 is 1.43 bits per heavy atom. The molecule has 0 aliphatic carbocycles. The van der Waals surface area contributed by atoms with E-state index >= 15 is 0 Å². The van der Waals surface area contributed by atoms with Crippen molar-refractivity contribution in [1.29, 1.82) is 0 Å². The normalized spacial score (nSPS) is 12.2. The summed E-state index contributed by atoms with van der Waals surface area (Å²) in [5, 5.41) is 3.81. The van der Waals surface area contributed by atoms with Gasteiger partial charge in [0.15, 0.2) is 0 Å². The second kappa shape index (κ2) is 13.5. The van der Waals surface area contributed by atoms with E-state index in [1.54, 1.807) is 43.3 Å². The predicted molar refractivity (Wildman–Crippen MR) is 161 cm³/mol. The highest BCUT2D eigenvalue weighted by atomic mass is 35.5. The van der Waals surface area contributed by atoms with Crippen molar-refractivity contribution in [1.82, 2.24) is 10.2 Å². The van der Waals surface area contributed by atoms with E-state index in [0.717, 1.165) is 21.0 Å². The van der Waals surface area contributed by atoms with Crippen molar-refractivity contribution in [3.8, 4) is 0 Å². The second-order valence-electron chi connectivity index (χ2n) is 10.2. The lowest BCUT2D eigenvalue weighted by Gasteiger charge is -2.32. The Hall–Kier alpha value is -3.07. The van der Waals surface area contributed by atoms with Crippen molar-refractivity contribution in [3.63, 3.8) is 0 Å². The number of nitrogens with zero attached hydrogens (tertiary/aromatic N) is 2. The summed E-state index contributed by atoms with van der Waals surface area (Å²) in [6.07, 6.45) is 0. The molecule has 0 radical (unpaired) electrons. The molecule has 3 aromatic rings. The number of nitrogens with one attached hydrogen (secondary N) is 1. The zero-order valence-electron chi connectivity index (χ0n) is 23.3. The monoisotopic (exact) mass is 603 g/mol. The van der Waals surface area contributed by atoms with Crippen LogP contribution in [0.5, 0.6) is 0 Å². The van der Waals surface area contributed by atoms with Gasteiger partial charge in [-0.25, -0.2) is 8.42 Å². The van der Waals surface area contributed by atoms with Gasteiger partial charge in [-0.05, 0) is 91.9 Å². The molecule has 0 aliphatic rings. The van der Waals surface area contributed by atoms with Crippen LogP contribution in [-0.4, -0.2) is 44.3 Å². The summed E-state index contributed by atoms with van der Waals surface area (Å²) in [6.45, 7) is 9.42. The average Bonchev–Trinajstić information content (AvgIpc) is 2.91. The van der Waals surface area contributed by atoms with Crippen LogP contribution in [0, 0.1) is 19.8 Å². The average molecular weight is 605 g/mol.